The third kappa shape index (κ3) is 3.87. The average Bonchev–Trinajstić information content (AvgIpc) is 2.43. The van der Waals surface area contributed by atoms with Crippen LogP contribution in [-0.2, 0) is 20.0 Å². The zero-order chi connectivity index (χ0) is 17.3. The maximum Gasteiger partial charge on any atom is 0.241 e. The fraction of sp³-hybridized carbons (Fsp3) is 0.600. The zero-order valence-corrected chi connectivity index (χ0v) is 15.4. The average molecular weight is 361 g/mol. The molecule has 6 nitrogen and oxygen atoms in total. The first kappa shape index (κ1) is 18.2. The van der Waals surface area contributed by atoms with E-state index in [0.717, 1.165) is 6.42 Å². The van der Waals surface area contributed by atoms with E-state index in [9.17, 15) is 16.8 Å². The van der Waals surface area contributed by atoms with Crippen LogP contribution in [0.15, 0.2) is 17.0 Å². The molecule has 1 heterocycles. The number of benzene rings is 1. The van der Waals surface area contributed by atoms with Gasteiger partial charge in [0.15, 0.2) is 0 Å². The van der Waals surface area contributed by atoms with Gasteiger partial charge in [-0.3, -0.25) is 4.31 Å². The van der Waals surface area contributed by atoms with Gasteiger partial charge in [-0.15, -0.1) is 0 Å². The number of nitrogens with one attached hydrogen (secondary N) is 1. The smallest absolute Gasteiger partial charge is 0.241 e. The summed E-state index contributed by atoms with van der Waals surface area (Å²) in [5.41, 5.74) is 1.67. The molecule has 1 aliphatic heterocycles. The highest BCUT2D eigenvalue weighted by Gasteiger charge is 2.28. The molecule has 23 heavy (non-hydrogen) atoms. The number of aryl methyl sites for hydroxylation is 2. The third-order valence-corrected chi connectivity index (χ3v) is 7.53. The van der Waals surface area contributed by atoms with Crippen LogP contribution in [0.3, 0.4) is 0 Å². The van der Waals surface area contributed by atoms with Crippen molar-refractivity contribution in [1.82, 2.24) is 4.72 Å². The lowest BCUT2D eigenvalue weighted by molar-refractivity contribution is 0.574. The number of nitrogens with zero attached hydrogens (tertiary/aromatic N) is 1. The van der Waals surface area contributed by atoms with Gasteiger partial charge in [0.1, 0.15) is 0 Å². The summed E-state index contributed by atoms with van der Waals surface area (Å²) in [7, 11) is -6.88. The molecule has 1 aromatic rings. The lowest BCUT2D eigenvalue weighted by atomic mass is 10.1. The maximum absolute atomic E-state index is 12.4. The van der Waals surface area contributed by atoms with Crippen LogP contribution >= 0.6 is 0 Å². The van der Waals surface area contributed by atoms with Gasteiger partial charge in [-0.2, -0.15) is 0 Å². The van der Waals surface area contributed by atoms with Gasteiger partial charge in [0.25, 0.3) is 0 Å². The third-order valence-electron chi connectivity index (χ3n) is 3.89. The summed E-state index contributed by atoms with van der Waals surface area (Å²) >= 11 is 0. The van der Waals surface area contributed by atoms with Crippen molar-refractivity contribution in [3.63, 3.8) is 0 Å². The zero-order valence-electron chi connectivity index (χ0n) is 13.8. The van der Waals surface area contributed by atoms with E-state index in [1.165, 1.54) is 4.31 Å². The molecular weight excluding hydrogens is 336 g/mol. The molecule has 0 radical (unpaired) electrons. The Morgan fingerprint density at radius 2 is 1.78 bits per heavy atom. The molecule has 1 fully saturated rings. The number of hydrogen-bond donors (Lipinski definition) is 1. The molecule has 0 saturated carbocycles. The molecule has 0 bridgehead atoms. The molecule has 1 N–H and O–H groups in total. The largest absolute Gasteiger partial charge is 0.270 e. The summed E-state index contributed by atoms with van der Waals surface area (Å²) in [5, 5.41) is 0. The van der Waals surface area contributed by atoms with Crippen LogP contribution in [-0.4, -0.2) is 35.7 Å². The molecule has 0 spiro atoms. The molecule has 0 aliphatic carbocycles. The van der Waals surface area contributed by atoms with Gasteiger partial charge in [-0.05, 0) is 56.4 Å². The van der Waals surface area contributed by atoms with Gasteiger partial charge in [-0.1, -0.05) is 6.92 Å². The van der Waals surface area contributed by atoms with Crippen LogP contribution < -0.4 is 9.03 Å². The van der Waals surface area contributed by atoms with Crippen molar-refractivity contribution in [2.45, 2.75) is 44.9 Å². The van der Waals surface area contributed by atoms with E-state index < -0.39 is 20.0 Å². The molecule has 1 aromatic carbocycles. The van der Waals surface area contributed by atoms with Crippen molar-refractivity contribution < 1.29 is 16.8 Å². The van der Waals surface area contributed by atoms with Gasteiger partial charge < -0.3 is 0 Å². The first-order chi connectivity index (χ1) is 10.7. The maximum atomic E-state index is 12.4. The van der Waals surface area contributed by atoms with Gasteiger partial charge in [-0.25, -0.2) is 21.6 Å². The standard InChI is InChI=1S/C15H24N2O4S2/c1-4-7-16-23(20,21)15-12(2)10-14(11-13(15)3)17-8-5-6-9-22(17,18)19/h10-11,16H,4-9H2,1-3H3. The highest BCUT2D eigenvalue weighted by Crippen LogP contribution is 2.30. The summed E-state index contributed by atoms with van der Waals surface area (Å²) in [6, 6.07) is 3.30. The lowest BCUT2D eigenvalue weighted by Gasteiger charge is -2.29. The van der Waals surface area contributed by atoms with Crippen LogP contribution in [0, 0.1) is 13.8 Å². The highest BCUT2D eigenvalue weighted by molar-refractivity contribution is 7.92. The fourth-order valence-electron chi connectivity index (χ4n) is 2.88. The Bertz CT molecular complexity index is 763. The molecule has 0 aromatic heterocycles. The van der Waals surface area contributed by atoms with Crippen molar-refractivity contribution in [3.8, 4) is 0 Å². The minimum atomic E-state index is -3.58. The fourth-order valence-corrected chi connectivity index (χ4v) is 6.09. The highest BCUT2D eigenvalue weighted by atomic mass is 32.2. The summed E-state index contributed by atoms with van der Waals surface area (Å²) in [6.45, 7) is 6.12. The van der Waals surface area contributed by atoms with E-state index in [0.29, 0.717) is 42.7 Å². The first-order valence-electron chi connectivity index (χ1n) is 7.80. The Hall–Kier alpha value is -1.12. The quantitative estimate of drug-likeness (QED) is 0.869. The Morgan fingerprint density at radius 1 is 1.17 bits per heavy atom. The summed E-state index contributed by atoms with van der Waals surface area (Å²) in [4.78, 5) is 0.240. The molecular formula is C15H24N2O4S2. The molecule has 0 amide bonds. The predicted octanol–water partition coefficient (Wildman–Crippen LogP) is 1.92. The number of sulfonamides is 2. The Labute approximate surface area is 139 Å². The van der Waals surface area contributed by atoms with E-state index in [2.05, 4.69) is 4.72 Å². The lowest BCUT2D eigenvalue weighted by Crippen LogP contribution is -2.38. The van der Waals surface area contributed by atoms with E-state index in [1.807, 2.05) is 6.92 Å². The number of hydrogen-bond acceptors (Lipinski definition) is 4. The predicted molar refractivity (Wildman–Crippen MR) is 91.8 cm³/mol. The van der Waals surface area contributed by atoms with Crippen molar-refractivity contribution in [2.24, 2.45) is 0 Å². The molecule has 2 rings (SSSR count). The van der Waals surface area contributed by atoms with Crippen molar-refractivity contribution in [3.05, 3.63) is 23.3 Å². The monoisotopic (exact) mass is 360 g/mol. The van der Waals surface area contributed by atoms with Gasteiger partial charge >= 0.3 is 0 Å². The normalized spacial score (nSPS) is 18.1. The van der Waals surface area contributed by atoms with Crippen LogP contribution in [0.5, 0.6) is 0 Å². The SMILES string of the molecule is CCCNS(=O)(=O)c1c(C)cc(N2CCCCS2(=O)=O)cc1C. The van der Waals surface area contributed by atoms with Crippen LogP contribution in [0.1, 0.15) is 37.3 Å². The minimum Gasteiger partial charge on any atom is -0.270 e. The molecule has 8 heteroatoms. The van der Waals surface area contributed by atoms with Crippen LogP contribution in [0.25, 0.3) is 0 Å². The van der Waals surface area contributed by atoms with Gasteiger partial charge in [0.2, 0.25) is 20.0 Å². The van der Waals surface area contributed by atoms with Crippen molar-refractivity contribution >= 4 is 25.7 Å². The van der Waals surface area contributed by atoms with Crippen molar-refractivity contribution in [2.75, 3.05) is 23.1 Å². The second kappa shape index (κ2) is 6.78. The Balaban J connectivity index is 2.45. The molecule has 0 unspecified atom stereocenters. The summed E-state index contributed by atoms with van der Waals surface area (Å²) < 4.78 is 53.2. The molecule has 0 atom stereocenters. The number of anilines is 1. The summed E-state index contributed by atoms with van der Waals surface area (Å²) in [6.07, 6.45) is 2.20. The van der Waals surface area contributed by atoms with Gasteiger partial charge in [0.05, 0.1) is 16.3 Å². The Kier molecular flexibility index (Phi) is 5.37. The second-order valence-electron chi connectivity index (χ2n) is 5.90. The van der Waals surface area contributed by atoms with E-state index in [-0.39, 0.29) is 10.6 Å². The van der Waals surface area contributed by atoms with Crippen molar-refractivity contribution in [1.29, 1.82) is 0 Å². The van der Waals surface area contributed by atoms with E-state index in [1.54, 1.807) is 26.0 Å². The van der Waals surface area contributed by atoms with Gasteiger partial charge in [0, 0.05) is 13.1 Å². The molecule has 1 aliphatic rings. The minimum absolute atomic E-state index is 0.142. The van der Waals surface area contributed by atoms with Crippen LogP contribution in [0.2, 0.25) is 0 Å². The number of rotatable bonds is 5. The van der Waals surface area contributed by atoms with Crippen LogP contribution in [0.4, 0.5) is 5.69 Å². The molecule has 130 valence electrons. The van der Waals surface area contributed by atoms with E-state index >= 15 is 0 Å². The van der Waals surface area contributed by atoms with E-state index in [4.69, 9.17) is 0 Å². The summed E-state index contributed by atoms with van der Waals surface area (Å²) in [5.74, 6) is 0.142. The molecule has 1 saturated heterocycles. The first-order valence-corrected chi connectivity index (χ1v) is 10.9. The topological polar surface area (TPSA) is 83.6 Å². The second-order valence-corrected chi connectivity index (χ2v) is 9.62. The Morgan fingerprint density at radius 3 is 2.30 bits per heavy atom.